The molecule has 0 saturated carbocycles. The van der Waals surface area contributed by atoms with Crippen molar-refractivity contribution in [3.8, 4) is 0 Å². The molecule has 6 heteroatoms. The van der Waals surface area contributed by atoms with Crippen molar-refractivity contribution in [1.82, 2.24) is 19.8 Å². The molecule has 1 aliphatic rings. The SMILES string of the molecule is CCN1CCN(C(=O)c2cc(C)nc(C)n2)[C@@H](C)C1=O. The van der Waals surface area contributed by atoms with Crippen LogP contribution in [-0.4, -0.2) is 57.3 Å². The molecule has 1 atom stereocenters. The summed E-state index contributed by atoms with van der Waals surface area (Å²) in [5.41, 5.74) is 1.12. The maximum Gasteiger partial charge on any atom is 0.273 e. The van der Waals surface area contributed by atoms with Gasteiger partial charge in [0.15, 0.2) is 0 Å². The van der Waals surface area contributed by atoms with Gasteiger partial charge in [0, 0.05) is 25.3 Å². The van der Waals surface area contributed by atoms with Gasteiger partial charge in [0.2, 0.25) is 5.91 Å². The summed E-state index contributed by atoms with van der Waals surface area (Å²) >= 11 is 0. The molecule has 0 aromatic carbocycles. The summed E-state index contributed by atoms with van der Waals surface area (Å²) in [5, 5.41) is 0. The smallest absolute Gasteiger partial charge is 0.273 e. The van der Waals surface area contributed by atoms with E-state index in [0.29, 0.717) is 31.2 Å². The van der Waals surface area contributed by atoms with Crippen LogP contribution in [0.15, 0.2) is 6.07 Å². The Morgan fingerprint density at radius 2 is 2.05 bits per heavy atom. The van der Waals surface area contributed by atoms with E-state index in [-0.39, 0.29) is 11.8 Å². The Morgan fingerprint density at radius 1 is 1.35 bits per heavy atom. The van der Waals surface area contributed by atoms with E-state index in [2.05, 4.69) is 9.97 Å². The zero-order chi connectivity index (χ0) is 14.9. The van der Waals surface area contributed by atoms with E-state index in [4.69, 9.17) is 0 Å². The minimum atomic E-state index is -0.438. The monoisotopic (exact) mass is 276 g/mol. The topological polar surface area (TPSA) is 66.4 Å². The van der Waals surface area contributed by atoms with E-state index in [1.165, 1.54) is 0 Å². The van der Waals surface area contributed by atoms with Crippen molar-refractivity contribution < 1.29 is 9.59 Å². The van der Waals surface area contributed by atoms with Crippen LogP contribution in [0, 0.1) is 13.8 Å². The first-order valence-corrected chi connectivity index (χ1v) is 6.86. The molecule has 0 bridgehead atoms. The van der Waals surface area contributed by atoms with Crippen LogP contribution < -0.4 is 0 Å². The molecule has 2 heterocycles. The molecule has 1 aromatic heterocycles. The lowest BCUT2D eigenvalue weighted by molar-refractivity contribution is -0.139. The molecule has 0 N–H and O–H groups in total. The van der Waals surface area contributed by atoms with E-state index >= 15 is 0 Å². The highest BCUT2D eigenvalue weighted by atomic mass is 16.2. The Morgan fingerprint density at radius 3 is 2.65 bits per heavy atom. The standard InChI is InChI=1S/C14H20N4O2/c1-5-17-6-7-18(10(3)13(17)19)14(20)12-8-9(2)15-11(4)16-12/h8,10H,5-7H2,1-4H3/t10-/m0/s1. The third kappa shape index (κ3) is 2.64. The van der Waals surface area contributed by atoms with Crippen molar-refractivity contribution in [1.29, 1.82) is 0 Å². The van der Waals surface area contributed by atoms with Crippen LogP contribution in [0.1, 0.15) is 35.9 Å². The van der Waals surface area contributed by atoms with Gasteiger partial charge in [-0.15, -0.1) is 0 Å². The number of carbonyl (C=O) groups is 2. The van der Waals surface area contributed by atoms with Crippen molar-refractivity contribution >= 4 is 11.8 Å². The van der Waals surface area contributed by atoms with Crippen LogP contribution in [0.3, 0.4) is 0 Å². The maximum absolute atomic E-state index is 12.5. The molecule has 0 spiro atoms. The van der Waals surface area contributed by atoms with Gasteiger partial charge < -0.3 is 9.80 Å². The van der Waals surface area contributed by atoms with Crippen molar-refractivity contribution in [2.45, 2.75) is 33.7 Å². The average molecular weight is 276 g/mol. The Kier molecular flexibility index (Phi) is 4.01. The minimum Gasteiger partial charge on any atom is -0.339 e. The van der Waals surface area contributed by atoms with Crippen LogP contribution in [0.25, 0.3) is 0 Å². The number of amides is 2. The van der Waals surface area contributed by atoms with Crippen molar-refractivity contribution in [2.75, 3.05) is 19.6 Å². The largest absolute Gasteiger partial charge is 0.339 e. The molecule has 0 aliphatic carbocycles. The first kappa shape index (κ1) is 14.4. The van der Waals surface area contributed by atoms with Gasteiger partial charge in [-0.1, -0.05) is 0 Å². The predicted molar refractivity (Wildman–Crippen MR) is 74.3 cm³/mol. The Hall–Kier alpha value is -1.98. The first-order valence-electron chi connectivity index (χ1n) is 6.86. The molecule has 1 aliphatic heterocycles. The van der Waals surface area contributed by atoms with Crippen LogP contribution in [0.4, 0.5) is 0 Å². The molecular weight excluding hydrogens is 256 g/mol. The fourth-order valence-electron chi connectivity index (χ4n) is 2.49. The van der Waals surface area contributed by atoms with Crippen LogP contribution in [0.5, 0.6) is 0 Å². The zero-order valence-corrected chi connectivity index (χ0v) is 12.4. The van der Waals surface area contributed by atoms with Gasteiger partial charge in [-0.25, -0.2) is 9.97 Å². The number of carbonyl (C=O) groups excluding carboxylic acids is 2. The van der Waals surface area contributed by atoms with Gasteiger partial charge in [0.1, 0.15) is 17.6 Å². The van der Waals surface area contributed by atoms with Crippen LogP contribution in [0.2, 0.25) is 0 Å². The number of nitrogens with zero attached hydrogens (tertiary/aromatic N) is 4. The Bertz CT molecular complexity index is 524. The lowest BCUT2D eigenvalue weighted by Gasteiger charge is -2.38. The Balaban J connectivity index is 2.23. The predicted octanol–water partition coefficient (Wildman–Crippen LogP) is 0.786. The number of likely N-dealkylation sites (N-methyl/N-ethyl adjacent to an activating group) is 1. The van der Waals surface area contributed by atoms with E-state index < -0.39 is 6.04 Å². The maximum atomic E-state index is 12.5. The third-order valence-corrected chi connectivity index (χ3v) is 3.58. The number of hydrogen-bond donors (Lipinski definition) is 0. The number of aromatic nitrogens is 2. The highest BCUT2D eigenvalue weighted by molar-refractivity contribution is 5.96. The minimum absolute atomic E-state index is 0.00500. The molecule has 108 valence electrons. The lowest BCUT2D eigenvalue weighted by atomic mass is 10.1. The van der Waals surface area contributed by atoms with Gasteiger partial charge in [-0.2, -0.15) is 0 Å². The average Bonchev–Trinajstić information content (AvgIpc) is 2.40. The second-order valence-corrected chi connectivity index (χ2v) is 5.03. The second-order valence-electron chi connectivity index (χ2n) is 5.03. The van der Waals surface area contributed by atoms with E-state index in [0.717, 1.165) is 5.69 Å². The summed E-state index contributed by atoms with van der Waals surface area (Å²) in [6.45, 7) is 9.09. The van der Waals surface area contributed by atoms with Crippen molar-refractivity contribution in [3.05, 3.63) is 23.3 Å². The molecule has 6 nitrogen and oxygen atoms in total. The Labute approximate surface area is 118 Å². The fraction of sp³-hybridized carbons (Fsp3) is 0.571. The molecule has 2 rings (SSSR count). The van der Waals surface area contributed by atoms with E-state index in [1.54, 1.807) is 29.7 Å². The van der Waals surface area contributed by atoms with Crippen molar-refractivity contribution in [3.63, 3.8) is 0 Å². The summed E-state index contributed by atoms with van der Waals surface area (Å²) in [7, 11) is 0. The molecule has 2 amide bonds. The molecule has 0 unspecified atom stereocenters. The summed E-state index contributed by atoms with van der Waals surface area (Å²) < 4.78 is 0. The van der Waals surface area contributed by atoms with Gasteiger partial charge in [-0.05, 0) is 33.8 Å². The number of piperazine rings is 1. The second kappa shape index (κ2) is 5.56. The highest BCUT2D eigenvalue weighted by Gasteiger charge is 2.34. The molecular formula is C14H20N4O2. The van der Waals surface area contributed by atoms with Gasteiger partial charge in [-0.3, -0.25) is 9.59 Å². The van der Waals surface area contributed by atoms with Gasteiger partial charge >= 0.3 is 0 Å². The molecule has 1 fully saturated rings. The normalized spacial score (nSPS) is 19.4. The lowest BCUT2D eigenvalue weighted by Crippen LogP contribution is -2.57. The number of aryl methyl sites for hydroxylation is 2. The molecule has 20 heavy (non-hydrogen) atoms. The molecule has 0 radical (unpaired) electrons. The van der Waals surface area contributed by atoms with E-state index in [9.17, 15) is 9.59 Å². The molecule has 1 saturated heterocycles. The highest BCUT2D eigenvalue weighted by Crippen LogP contribution is 2.14. The quantitative estimate of drug-likeness (QED) is 0.801. The fourth-order valence-corrected chi connectivity index (χ4v) is 2.49. The van der Waals surface area contributed by atoms with Crippen LogP contribution in [-0.2, 0) is 4.79 Å². The van der Waals surface area contributed by atoms with Gasteiger partial charge in [0.25, 0.3) is 5.91 Å². The van der Waals surface area contributed by atoms with Gasteiger partial charge in [0.05, 0.1) is 0 Å². The summed E-state index contributed by atoms with van der Waals surface area (Å²) in [5.74, 6) is 0.365. The number of rotatable bonds is 2. The summed E-state index contributed by atoms with van der Waals surface area (Å²) in [4.78, 5) is 36.4. The number of hydrogen-bond acceptors (Lipinski definition) is 4. The van der Waals surface area contributed by atoms with Crippen LogP contribution >= 0.6 is 0 Å². The summed E-state index contributed by atoms with van der Waals surface area (Å²) in [6.07, 6.45) is 0. The third-order valence-electron chi connectivity index (χ3n) is 3.58. The molecule has 1 aromatic rings. The van der Waals surface area contributed by atoms with E-state index in [1.807, 2.05) is 13.8 Å². The van der Waals surface area contributed by atoms with Crippen molar-refractivity contribution in [2.24, 2.45) is 0 Å². The first-order chi connectivity index (χ1) is 9.43. The zero-order valence-electron chi connectivity index (χ0n) is 12.4. The summed E-state index contributed by atoms with van der Waals surface area (Å²) in [6, 6.07) is 1.23.